The van der Waals surface area contributed by atoms with Gasteiger partial charge in [0.25, 0.3) is 0 Å². The van der Waals surface area contributed by atoms with Crippen molar-refractivity contribution in [2.45, 2.75) is 31.2 Å². The molecule has 1 amide bonds. The number of carbonyl (C=O) groups is 1. The van der Waals surface area contributed by atoms with Crippen LogP contribution < -0.4 is 5.73 Å². The number of carbonyl (C=O) groups excluding carboxylic acids is 1. The molecule has 5 heteroatoms. The number of aryl methyl sites for hydroxylation is 1. The lowest BCUT2D eigenvalue weighted by atomic mass is 9.93. The Hall–Kier alpha value is -2.14. The van der Waals surface area contributed by atoms with Gasteiger partial charge in [-0.3, -0.25) is 9.48 Å². The van der Waals surface area contributed by atoms with E-state index >= 15 is 0 Å². The molecular weight excluding hydrogens is 288 g/mol. The molecule has 1 aliphatic heterocycles. The van der Waals surface area contributed by atoms with Crippen molar-refractivity contribution in [3.05, 3.63) is 53.9 Å². The zero-order chi connectivity index (χ0) is 16.2. The van der Waals surface area contributed by atoms with Crippen LogP contribution in [0.15, 0.2) is 42.6 Å². The van der Waals surface area contributed by atoms with Crippen molar-refractivity contribution < 1.29 is 4.79 Å². The maximum absolute atomic E-state index is 12.5. The lowest BCUT2D eigenvalue weighted by molar-refractivity contribution is -0.133. The maximum Gasteiger partial charge on any atom is 0.239 e. The Morgan fingerprint density at radius 2 is 1.96 bits per heavy atom. The number of amides is 1. The molecule has 23 heavy (non-hydrogen) atoms. The van der Waals surface area contributed by atoms with Crippen molar-refractivity contribution in [2.24, 2.45) is 12.8 Å². The van der Waals surface area contributed by atoms with Crippen LogP contribution in [0.2, 0.25) is 0 Å². The van der Waals surface area contributed by atoms with Gasteiger partial charge < -0.3 is 10.6 Å². The second kappa shape index (κ2) is 6.96. The second-order valence-corrected chi connectivity index (χ2v) is 6.28. The SMILES string of the molecule is Cn1nccc1C1CCN(C(=O)[C@H](N)Cc2ccccc2)CC1. The predicted molar refractivity (Wildman–Crippen MR) is 89.9 cm³/mol. The molecule has 5 nitrogen and oxygen atoms in total. The molecule has 1 atom stereocenters. The molecule has 1 fully saturated rings. The predicted octanol–water partition coefficient (Wildman–Crippen LogP) is 1.70. The number of hydrogen-bond acceptors (Lipinski definition) is 3. The molecule has 1 aromatic carbocycles. The Labute approximate surface area is 137 Å². The van der Waals surface area contributed by atoms with Crippen LogP contribution in [0.1, 0.15) is 30.0 Å². The molecular formula is C18H24N4O. The van der Waals surface area contributed by atoms with Gasteiger partial charge in [-0.1, -0.05) is 30.3 Å². The molecule has 2 heterocycles. The van der Waals surface area contributed by atoms with E-state index in [-0.39, 0.29) is 5.91 Å². The molecule has 1 aliphatic rings. The van der Waals surface area contributed by atoms with Crippen LogP contribution in [-0.4, -0.2) is 39.7 Å². The first-order valence-electron chi connectivity index (χ1n) is 8.21. The standard InChI is InChI=1S/C18H24N4O/c1-21-17(7-10-20-21)15-8-11-22(12-9-15)18(23)16(19)13-14-5-3-2-4-6-14/h2-7,10,15-16H,8-9,11-13,19H2,1H3/t16-/m1/s1. The van der Waals surface area contributed by atoms with Crippen molar-refractivity contribution in [3.63, 3.8) is 0 Å². The number of aromatic nitrogens is 2. The third kappa shape index (κ3) is 3.62. The summed E-state index contributed by atoms with van der Waals surface area (Å²) >= 11 is 0. The van der Waals surface area contributed by atoms with Crippen LogP contribution in [0.25, 0.3) is 0 Å². The second-order valence-electron chi connectivity index (χ2n) is 6.28. The smallest absolute Gasteiger partial charge is 0.239 e. The van der Waals surface area contributed by atoms with Gasteiger partial charge in [0, 0.05) is 37.9 Å². The third-order valence-electron chi connectivity index (χ3n) is 4.70. The van der Waals surface area contributed by atoms with E-state index in [0.717, 1.165) is 31.5 Å². The number of nitrogens with zero attached hydrogens (tertiary/aromatic N) is 3. The van der Waals surface area contributed by atoms with Crippen molar-refractivity contribution in [1.82, 2.24) is 14.7 Å². The van der Waals surface area contributed by atoms with E-state index in [4.69, 9.17) is 5.73 Å². The normalized spacial score (nSPS) is 17.2. The Morgan fingerprint density at radius 1 is 1.26 bits per heavy atom. The van der Waals surface area contributed by atoms with Gasteiger partial charge in [-0.2, -0.15) is 5.10 Å². The van der Waals surface area contributed by atoms with E-state index < -0.39 is 6.04 Å². The van der Waals surface area contributed by atoms with Crippen LogP contribution in [0.5, 0.6) is 0 Å². The van der Waals surface area contributed by atoms with Crippen molar-refractivity contribution in [2.75, 3.05) is 13.1 Å². The topological polar surface area (TPSA) is 64.2 Å². The van der Waals surface area contributed by atoms with Gasteiger partial charge in [0.05, 0.1) is 6.04 Å². The number of hydrogen-bond donors (Lipinski definition) is 1. The molecule has 0 aliphatic carbocycles. The largest absolute Gasteiger partial charge is 0.341 e. The van der Waals surface area contributed by atoms with E-state index in [1.54, 1.807) is 0 Å². The number of nitrogens with two attached hydrogens (primary N) is 1. The summed E-state index contributed by atoms with van der Waals surface area (Å²) in [6.07, 6.45) is 4.39. The van der Waals surface area contributed by atoms with Crippen LogP contribution in [0, 0.1) is 0 Å². The summed E-state index contributed by atoms with van der Waals surface area (Å²) in [5.41, 5.74) is 8.49. The van der Waals surface area contributed by atoms with Crippen LogP contribution in [-0.2, 0) is 18.3 Å². The van der Waals surface area contributed by atoms with Gasteiger partial charge in [-0.15, -0.1) is 0 Å². The van der Waals surface area contributed by atoms with E-state index in [2.05, 4.69) is 11.2 Å². The van der Waals surface area contributed by atoms with Crippen molar-refractivity contribution in [3.8, 4) is 0 Å². The minimum atomic E-state index is -0.453. The van der Waals surface area contributed by atoms with Gasteiger partial charge >= 0.3 is 0 Å². The number of piperidine rings is 1. The fourth-order valence-corrected chi connectivity index (χ4v) is 3.37. The summed E-state index contributed by atoms with van der Waals surface area (Å²) in [7, 11) is 1.97. The summed E-state index contributed by atoms with van der Waals surface area (Å²) in [6.45, 7) is 1.55. The summed E-state index contributed by atoms with van der Waals surface area (Å²) in [5.74, 6) is 0.550. The molecule has 0 unspecified atom stereocenters. The van der Waals surface area contributed by atoms with E-state index in [0.29, 0.717) is 12.3 Å². The number of benzene rings is 1. The summed E-state index contributed by atoms with van der Waals surface area (Å²) in [4.78, 5) is 14.5. The Balaban J connectivity index is 1.55. The fraction of sp³-hybridized carbons (Fsp3) is 0.444. The van der Waals surface area contributed by atoms with E-state index in [1.807, 2.05) is 53.2 Å². The van der Waals surface area contributed by atoms with Gasteiger partial charge in [0.1, 0.15) is 0 Å². The molecule has 0 spiro atoms. The van der Waals surface area contributed by atoms with Crippen LogP contribution in [0.3, 0.4) is 0 Å². The Bertz CT molecular complexity index is 644. The average molecular weight is 312 g/mol. The highest BCUT2D eigenvalue weighted by Crippen LogP contribution is 2.27. The summed E-state index contributed by atoms with van der Waals surface area (Å²) in [5, 5.41) is 4.24. The first-order valence-corrected chi connectivity index (χ1v) is 8.21. The van der Waals surface area contributed by atoms with Crippen molar-refractivity contribution in [1.29, 1.82) is 0 Å². The molecule has 1 saturated heterocycles. The summed E-state index contributed by atoms with van der Waals surface area (Å²) in [6, 6.07) is 11.6. The molecule has 0 saturated carbocycles. The Kier molecular flexibility index (Phi) is 4.76. The zero-order valence-corrected chi connectivity index (χ0v) is 13.6. The zero-order valence-electron chi connectivity index (χ0n) is 13.6. The van der Waals surface area contributed by atoms with Gasteiger partial charge in [0.2, 0.25) is 5.91 Å². The molecule has 1 aromatic heterocycles. The maximum atomic E-state index is 12.5. The number of rotatable bonds is 4. The lowest BCUT2D eigenvalue weighted by Crippen LogP contribution is -2.47. The first kappa shape index (κ1) is 15.7. The van der Waals surface area contributed by atoms with Crippen LogP contribution in [0.4, 0.5) is 0 Å². The third-order valence-corrected chi connectivity index (χ3v) is 4.70. The minimum Gasteiger partial charge on any atom is -0.341 e. The highest BCUT2D eigenvalue weighted by atomic mass is 16.2. The van der Waals surface area contributed by atoms with Gasteiger partial charge in [-0.05, 0) is 30.9 Å². The van der Waals surface area contributed by atoms with E-state index in [1.165, 1.54) is 5.69 Å². The lowest BCUT2D eigenvalue weighted by Gasteiger charge is -2.33. The molecule has 122 valence electrons. The highest BCUT2D eigenvalue weighted by molar-refractivity contribution is 5.82. The minimum absolute atomic E-state index is 0.0670. The molecule has 0 bridgehead atoms. The van der Waals surface area contributed by atoms with Crippen LogP contribution >= 0.6 is 0 Å². The quantitative estimate of drug-likeness (QED) is 0.934. The molecule has 2 N–H and O–H groups in total. The Morgan fingerprint density at radius 3 is 2.57 bits per heavy atom. The molecule has 2 aromatic rings. The van der Waals surface area contributed by atoms with E-state index in [9.17, 15) is 4.79 Å². The van der Waals surface area contributed by atoms with Gasteiger partial charge in [-0.25, -0.2) is 0 Å². The summed E-state index contributed by atoms with van der Waals surface area (Å²) < 4.78 is 1.93. The average Bonchev–Trinajstić information content (AvgIpc) is 3.01. The molecule has 0 radical (unpaired) electrons. The van der Waals surface area contributed by atoms with Crippen molar-refractivity contribution >= 4 is 5.91 Å². The molecule has 3 rings (SSSR count). The number of likely N-dealkylation sites (tertiary alicyclic amines) is 1. The first-order chi connectivity index (χ1) is 11.1. The monoisotopic (exact) mass is 312 g/mol. The highest BCUT2D eigenvalue weighted by Gasteiger charge is 2.28. The van der Waals surface area contributed by atoms with Gasteiger partial charge in [0.15, 0.2) is 0 Å². The fourth-order valence-electron chi connectivity index (χ4n) is 3.37.